The van der Waals surface area contributed by atoms with Gasteiger partial charge in [0.15, 0.2) is 0 Å². The largest absolute Gasteiger partial charge is 0.325 e. The third-order valence-electron chi connectivity index (χ3n) is 4.10. The number of carbonyl (C=O) groups excluding carboxylic acids is 1. The number of anilines is 1. The number of nitrogens with one attached hydrogen (secondary N) is 1. The van der Waals surface area contributed by atoms with Crippen molar-refractivity contribution in [2.75, 3.05) is 18.4 Å². The quantitative estimate of drug-likeness (QED) is 0.823. The number of rotatable bonds is 1. The maximum Gasteiger partial charge on any atom is 0.321 e. The zero-order valence-electron chi connectivity index (χ0n) is 12.4. The SMILES string of the molecule is CC(C)(C)C1CCN(C(=O)Nc2ccc(F)cc2)CC1. The molecule has 20 heavy (non-hydrogen) atoms. The molecular weight excluding hydrogens is 255 g/mol. The van der Waals surface area contributed by atoms with Crippen molar-refractivity contribution < 1.29 is 9.18 Å². The van der Waals surface area contributed by atoms with Crippen LogP contribution in [0.15, 0.2) is 24.3 Å². The number of halogens is 1. The lowest BCUT2D eigenvalue weighted by Crippen LogP contribution is -2.43. The van der Waals surface area contributed by atoms with Gasteiger partial charge in [-0.15, -0.1) is 0 Å². The molecule has 4 heteroatoms. The van der Waals surface area contributed by atoms with E-state index in [2.05, 4.69) is 26.1 Å². The predicted octanol–water partition coefficient (Wildman–Crippen LogP) is 4.12. The van der Waals surface area contributed by atoms with Crippen LogP contribution in [0.1, 0.15) is 33.6 Å². The number of carbonyl (C=O) groups is 1. The Morgan fingerprint density at radius 1 is 1.20 bits per heavy atom. The number of benzene rings is 1. The minimum Gasteiger partial charge on any atom is -0.325 e. The molecule has 1 aliphatic heterocycles. The lowest BCUT2D eigenvalue weighted by Gasteiger charge is -2.38. The van der Waals surface area contributed by atoms with E-state index in [1.807, 2.05) is 4.90 Å². The summed E-state index contributed by atoms with van der Waals surface area (Å²) in [5.41, 5.74) is 0.939. The van der Waals surface area contributed by atoms with Crippen molar-refractivity contribution in [1.29, 1.82) is 0 Å². The molecule has 1 aromatic rings. The van der Waals surface area contributed by atoms with Crippen molar-refractivity contribution in [2.24, 2.45) is 11.3 Å². The van der Waals surface area contributed by atoms with E-state index in [1.54, 1.807) is 12.1 Å². The fourth-order valence-corrected chi connectivity index (χ4v) is 2.68. The molecule has 0 aliphatic carbocycles. The topological polar surface area (TPSA) is 32.3 Å². The van der Waals surface area contributed by atoms with Crippen LogP contribution in [0.25, 0.3) is 0 Å². The Morgan fingerprint density at radius 2 is 1.75 bits per heavy atom. The highest BCUT2D eigenvalue weighted by atomic mass is 19.1. The van der Waals surface area contributed by atoms with Gasteiger partial charge in [-0.05, 0) is 48.4 Å². The Hall–Kier alpha value is -1.58. The van der Waals surface area contributed by atoms with Crippen molar-refractivity contribution in [1.82, 2.24) is 4.90 Å². The smallest absolute Gasteiger partial charge is 0.321 e. The summed E-state index contributed by atoms with van der Waals surface area (Å²) >= 11 is 0. The van der Waals surface area contributed by atoms with Crippen LogP contribution in [0.2, 0.25) is 0 Å². The fraction of sp³-hybridized carbons (Fsp3) is 0.562. The van der Waals surface area contributed by atoms with E-state index in [0.717, 1.165) is 25.9 Å². The Bertz CT molecular complexity index is 456. The summed E-state index contributed by atoms with van der Waals surface area (Å²) in [4.78, 5) is 14.0. The van der Waals surface area contributed by atoms with Crippen LogP contribution in [0.5, 0.6) is 0 Å². The first-order chi connectivity index (χ1) is 9.36. The number of urea groups is 1. The summed E-state index contributed by atoms with van der Waals surface area (Å²) in [6.45, 7) is 8.34. The first-order valence-corrected chi connectivity index (χ1v) is 7.18. The summed E-state index contributed by atoms with van der Waals surface area (Å²) in [5.74, 6) is 0.367. The first-order valence-electron chi connectivity index (χ1n) is 7.18. The molecule has 2 amide bonds. The van der Waals surface area contributed by atoms with Crippen LogP contribution >= 0.6 is 0 Å². The Kier molecular flexibility index (Phi) is 4.31. The van der Waals surface area contributed by atoms with Crippen molar-refractivity contribution in [3.63, 3.8) is 0 Å². The zero-order valence-corrected chi connectivity index (χ0v) is 12.4. The summed E-state index contributed by atoms with van der Waals surface area (Å²) in [5, 5.41) is 2.81. The number of amides is 2. The van der Waals surface area contributed by atoms with E-state index >= 15 is 0 Å². The third kappa shape index (κ3) is 3.71. The zero-order chi connectivity index (χ0) is 14.8. The van der Waals surface area contributed by atoms with Crippen LogP contribution in [-0.4, -0.2) is 24.0 Å². The molecule has 0 unspecified atom stereocenters. The minimum absolute atomic E-state index is 0.0935. The fourth-order valence-electron chi connectivity index (χ4n) is 2.68. The van der Waals surface area contributed by atoms with Crippen LogP contribution in [0.3, 0.4) is 0 Å². The van der Waals surface area contributed by atoms with Crippen LogP contribution in [0, 0.1) is 17.2 Å². The molecular formula is C16H23FN2O. The van der Waals surface area contributed by atoms with E-state index in [4.69, 9.17) is 0 Å². The molecule has 1 saturated heterocycles. The van der Waals surface area contributed by atoms with Gasteiger partial charge in [-0.25, -0.2) is 9.18 Å². The molecule has 0 spiro atoms. The van der Waals surface area contributed by atoms with Gasteiger partial charge in [0.2, 0.25) is 0 Å². The molecule has 3 nitrogen and oxygen atoms in total. The maximum atomic E-state index is 12.8. The molecule has 1 fully saturated rings. The summed E-state index contributed by atoms with van der Waals surface area (Å²) in [7, 11) is 0. The summed E-state index contributed by atoms with van der Waals surface area (Å²) < 4.78 is 12.8. The number of hydrogen-bond acceptors (Lipinski definition) is 1. The Morgan fingerprint density at radius 3 is 2.25 bits per heavy atom. The maximum absolute atomic E-state index is 12.8. The van der Waals surface area contributed by atoms with E-state index < -0.39 is 0 Å². The number of likely N-dealkylation sites (tertiary alicyclic amines) is 1. The summed E-state index contributed by atoms with van der Waals surface area (Å²) in [6.07, 6.45) is 2.08. The van der Waals surface area contributed by atoms with Crippen molar-refractivity contribution >= 4 is 11.7 Å². The number of hydrogen-bond donors (Lipinski definition) is 1. The molecule has 1 aromatic carbocycles. The number of piperidine rings is 1. The molecule has 0 saturated carbocycles. The van der Waals surface area contributed by atoms with Gasteiger partial charge in [0.05, 0.1) is 0 Å². The van der Waals surface area contributed by atoms with Gasteiger partial charge in [-0.1, -0.05) is 20.8 Å². The highest BCUT2D eigenvalue weighted by Crippen LogP contribution is 2.34. The molecule has 110 valence electrons. The molecule has 1 N–H and O–H groups in total. The van der Waals surface area contributed by atoms with Gasteiger partial charge < -0.3 is 10.2 Å². The molecule has 0 bridgehead atoms. The van der Waals surface area contributed by atoms with Gasteiger partial charge in [0.25, 0.3) is 0 Å². The second-order valence-electron chi connectivity index (χ2n) is 6.56. The van der Waals surface area contributed by atoms with Gasteiger partial charge in [-0.3, -0.25) is 0 Å². The van der Waals surface area contributed by atoms with E-state index in [9.17, 15) is 9.18 Å². The minimum atomic E-state index is -0.297. The van der Waals surface area contributed by atoms with Gasteiger partial charge in [-0.2, -0.15) is 0 Å². The molecule has 0 radical (unpaired) electrons. The highest BCUT2D eigenvalue weighted by molar-refractivity contribution is 5.89. The van der Waals surface area contributed by atoms with Crippen molar-refractivity contribution in [2.45, 2.75) is 33.6 Å². The molecule has 0 aromatic heterocycles. The average Bonchev–Trinajstić information content (AvgIpc) is 2.40. The van der Waals surface area contributed by atoms with Crippen LogP contribution in [0.4, 0.5) is 14.9 Å². The van der Waals surface area contributed by atoms with E-state index in [1.165, 1.54) is 12.1 Å². The lowest BCUT2D eigenvalue weighted by atomic mass is 9.75. The second-order valence-corrected chi connectivity index (χ2v) is 6.56. The standard InChI is InChI=1S/C16H23FN2O/c1-16(2,3)12-8-10-19(11-9-12)15(20)18-14-6-4-13(17)5-7-14/h4-7,12H,8-11H2,1-3H3,(H,18,20). The predicted molar refractivity (Wildman–Crippen MR) is 79.2 cm³/mol. The van der Waals surface area contributed by atoms with Crippen LogP contribution in [-0.2, 0) is 0 Å². The van der Waals surface area contributed by atoms with E-state index in [0.29, 0.717) is 17.0 Å². The van der Waals surface area contributed by atoms with Gasteiger partial charge in [0, 0.05) is 18.8 Å². The van der Waals surface area contributed by atoms with Crippen LogP contribution < -0.4 is 5.32 Å². The Labute approximate surface area is 120 Å². The number of nitrogens with zero attached hydrogens (tertiary/aromatic N) is 1. The van der Waals surface area contributed by atoms with Crippen molar-refractivity contribution in [3.05, 3.63) is 30.1 Å². The van der Waals surface area contributed by atoms with Crippen molar-refractivity contribution in [3.8, 4) is 0 Å². The summed E-state index contributed by atoms with van der Waals surface area (Å²) in [6, 6.07) is 5.76. The Balaban J connectivity index is 1.87. The monoisotopic (exact) mass is 278 g/mol. The van der Waals surface area contributed by atoms with E-state index in [-0.39, 0.29) is 11.8 Å². The molecule has 0 atom stereocenters. The van der Waals surface area contributed by atoms with Gasteiger partial charge in [0.1, 0.15) is 5.82 Å². The lowest BCUT2D eigenvalue weighted by molar-refractivity contribution is 0.128. The normalized spacial score (nSPS) is 17.1. The average molecular weight is 278 g/mol. The van der Waals surface area contributed by atoms with Gasteiger partial charge >= 0.3 is 6.03 Å². The molecule has 1 aliphatic rings. The highest BCUT2D eigenvalue weighted by Gasteiger charge is 2.30. The third-order valence-corrected chi connectivity index (χ3v) is 4.10. The molecule has 2 rings (SSSR count). The molecule has 1 heterocycles. The second kappa shape index (κ2) is 5.81. The first kappa shape index (κ1) is 14.8.